The number of ketones is 1. The molecular formula is C29H15N5OS. The lowest BCUT2D eigenvalue weighted by atomic mass is 10.0. The molecule has 1 aliphatic carbocycles. The highest BCUT2D eigenvalue weighted by Crippen LogP contribution is 2.41. The molecule has 1 aliphatic rings. The van der Waals surface area contributed by atoms with Gasteiger partial charge in [-0.15, -0.1) is 0 Å². The third-order valence-corrected chi connectivity index (χ3v) is 6.95. The number of nitriles is 1. The highest BCUT2D eigenvalue weighted by atomic mass is 32.1. The Hall–Kier alpha value is -5.11. The Bertz CT molecular complexity index is 1800. The molecule has 0 radical (unpaired) electrons. The van der Waals surface area contributed by atoms with Crippen molar-refractivity contribution in [1.82, 2.24) is 14.5 Å². The van der Waals surface area contributed by atoms with Gasteiger partial charge in [-0.05, 0) is 23.8 Å². The van der Waals surface area contributed by atoms with Crippen LogP contribution >= 0.6 is 11.3 Å². The van der Waals surface area contributed by atoms with Gasteiger partial charge in [0.2, 0.25) is 0 Å². The SMILES string of the molecule is [C-]#[N+]/C(C#N)=C1\C(=C\c2nc3sc(-c4ccccc4)nc3n2-c2ccccc2)C(=O)c2ccccc21. The minimum atomic E-state index is -0.235. The van der Waals surface area contributed by atoms with Crippen molar-refractivity contribution in [2.24, 2.45) is 0 Å². The number of thiazole rings is 1. The molecule has 0 bridgehead atoms. The number of aromatic nitrogens is 3. The molecule has 6 nitrogen and oxygen atoms in total. The summed E-state index contributed by atoms with van der Waals surface area (Å²) in [6.45, 7) is 7.52. The first-order chi connectivity index (χ1) is 17.7. The molecule has 0 fully saturated rings. The molecule has 0 aliphatic heterocycles. The first-order valence-corrected chi connectivity index (χ1v) is 11.9. The largest absolute Gasteiger partial charge is 0.289 e. The van der Waals surface area contributed by atoms with E-state index >= 15 is 0 Å². The van der Waals surface area contributed by atoms with Crippen LogP contribution in [-0.4, -0.2) is 20.3 Å². The van der Waals surface area contributed by atoms with Crippen LogP contribution in [0.3, 0.4) is 0 Å². The van der Waals surface area contributed by atoms with Gasteiger partial charge in [0.05, 0.1) is 12.6 Å². The minimum Gasteiger partial charge on any atom is -0.289 e. The summed E-state index contributed by atoms with van der Waals surface area (Å²) in [4.78, 5) is 27.3. The third-order valence-electron chi connectivity index (χ3n) is 5.97. The van der Waals surface area contributed by atoms with Gasteiger partial charge >= 0.3 is 0 Å². The molecule has 36 heavy (non-hydrogen) atoms. The topological polar surface area (TPSA) is 75.9 Å². The van der Waals surface area contributed by atoms with Crippen molar-refractivity contribution in [3.8, 4) is 22.3 Å². The number of rotatable bonds is 3. The highest BCUT2D eigenvalue weighted by Gasteiger charge is 2.32. The average molecular weight is 482 g/mol. The number of hydrogen-bond acceptors (Lipinski definition) is 5. The van der Waals surface area contributed by atoms with E-state index in [1.54, 1.807) is 30.3 Å². The molecular weight excluding hydrogens is 466 g/mol. The maximum Gasteiger partial charge on any atom is 0.270 e. The molecule has 0 unspecified atom stereocenters. The summed E-state index contributed by atoms with van der Waals surface area (Å²) in [7, 11) is 0. The molecule has 0 saturated carbocycles. The number of carbonyl (C=O) groups is 1. The molecule has 0 amide bonds. The molecule has 2 aromatic heterocycles. The smallest absolute Gasteiger partial charge is 0.270 e. The number of para-hydroxylation sites is 1. The van der Waals surface area contributed by atoms with Gasteiger partial charge in [-0.2, -0.15) is 0 Å². The van der Waals surface area contributed by atoms with Crippen molar-refractivity contribution < 1.29 is 4.79 Å². The molecule has 0 spiro atoms. The molecule has 2 heterocycles. The van der Waals surface area contributed by atoms with E-state index in [2.05, 4.69) is 4.85 Å². The van der Waals surface area contributed by atoms with Crippen LogP contribution in [0.4, 0.5) is 0 Å². The lowest BCUT2D eigenvalue weighted by Gasteiger charge is -2.07. The Balaban J connectivity index is 1.61. The summed E-state index contributed by atoms with van der Waals surface area (Å²) in [5.74, 6) is 0.270. The van der Waals surface area contributed by atoms with E-state index in [0.717, 1.165) is 21.1 Å². The van der Waals surface area contributed by atoms with Crippen molar-refractivity contribution >= 4 is 39.2 Å². The molecule has 7 heteroatoms. The zero-order valence-electron chi connectivity index (χ0n) is 18.7. The predicted octanol–water partition coefficient (Wildman–Crippen LogP) is 6.58. The second-order valence-corrected chi connectivity index (χ2v) is 9.01. The van der Waals surface area contributed by atoms with Crippen molar-refractivity contribution in [2.45, 2.75) is 0 Å². The van der Waals surface area contributed by atoms with Crippen LogP contribution in [0.25, 0.3) is 43.2 Å². The first kappa shape index (κ1) is 21.4. The minimum absolute atomic E-state index is 0.122. The molecule has 168 valence electrons. The van der Waals surface area contributed by atoms with Crippen LogP contribution in [0.5, 0.6) is 0 Å². The van der Waals surface area contributed by atoms with Gasteiger partial charge in [-0.25, -0.2) is 20.1 Å². The molecule has 3 aromatic carbocycles. The zero-order chi connectivity index (χ0) is 24.6. The van der Waals surface area contributed by atoms with Gasteiger partial charge < -0.3 is 0 Å². The number of nitrogens with zero attached hydrogens (tertiary/aromatic N) is 5. The second-order valence-electron chi connectivity index (χ2n) is 8.03. The number of benzene rings is 3. The summed E-state index contributed by atoms with van der Waals surface area (Å²) in [5, 5.41) is 10.5. The van der Waals surface area contributed by atoms with Crippen molar-refractivity contribution in [2.75, 3.05) is 0 Å². The fraction of sp³-hybridized carbons (Fsp3) is 0. The van der Waals surface area contributed by atoms with Gasteiger partial charge in [0.25, 0.3) is 5.70 Å². The maximum absolute atomic E-state index is 13.4. The lowest BCUT2D eigenvalue weighted by molar-refractivity contribution is 0.104. The fourth-order valence-electron chi connectivity index (χ4n) is 4.38. The summed E-state index contributed by atoms with van der Waals surface area (Å²) in [5.41, 5.74) is 4.08. The summed E-state index contributed by atoms with van der Waals surface area (Å²) in [6, 6.07) is 28.6. The molecule has 0 atom stereocenters. The van der Waals surface area contributed by atoms with E-state index in [0.29, 0.717) is 28.2 Å². The van der Waals surface area contributed by atoms with Crippen molar-refractivity contribution in [3.05, 3.63) is 125 Å². The number of Topliss-reactive ketones (excluding diaryl/α,β-unsaturated/α-hetero) is 1. The van der Waals surface area contributed by atoms with E-state index in [-0.39, 0.29) is 17.1 Å². The van der Waals surface area contributed by atoms with E-state index in [1.807, 2.05) is 71.3 Å². The average Bonchev–Trinajstić information content (AvgIpc) is 3.57. The monoisotopic (exact) mass is 481 g/mol. The molecule has 0 N–H and O–H groups in total. The van der Waals surface area contributed by atoms with E-state index in [9.17, 15) is 10.1 Å². The van der Waals surface area contributed by atoms with Gasteiger partial charge in [-0.3, -0.25) is 9.36 Å². The highest BCUT2D eigenvalue weighted by molar-refractivity contribution is 7.21. The van der Waals surface area contributed by atoms with Crippen LogP contribution in [0, 0.1) is 17.9 Å². The fourth-order valence-corrected chi connectivity index (χ4v) is 5.32. The first-order valence-electron chi connectivity index (χ1n) is 11.1. The Morgan fingerprint density at radius 1 is 0.944 bits per heavy atom. The molecule has 0 saturated heterocycles. The number of hydrogen-bond donors (Lipinski definition) is 0. The van der Waals surface area contributed by atoms with Gasteiger partial charge in [0.15, 0.2) is 16.3 Å². The Kier molecular flexibility index (Phi) is 5.11. The standard InChI is InChI=1S/C29H15N5OS/c1-31-23(17-30)25-20-14-8-9-15-21(20)26(35)22(25)16-24-32-29-27(34(24)19-12-6-3-7-13-19)33-28(36-29)18-10-4-2-5-11-18/h2-16H/b22-16-,25-23-. The number of fused-ring (bicyclic) bond motifs is 2. The van der Waals surface area contributed by atoms with Crippen LogP contribution in [0.15, 0.2) is 96.2 Å². The van der Waals surface area contributed by atoms with Crippen LogP contribution in [0.1, 0.15) is 21.7 Å². The van der Waals surface area contributed by atoms with Crippen LogP contribution < -0.4 is 0 Å². The Morgan fingerprint density at radius 3 is 2.31 bits per heavy atom. The summed E-state index contributed by atoms with van der Waals surface area (Å²) in [6.07, 6.45) is 1.67. The van der Waals surface area contributed by atoms with E-state index in [4.69, 9.17) is 16.5 Å². The number of imidazole rings is 1. The quantitative estimate of drug-likeness (QED) is 0.166. The molecule has 6 rings (SSSR count). The van der Waals surface area contributed by atoms with Crippen LogP contribution in [0.2, 0.25) is 0 Å². The van der Waals surface area contributed by atoms with Crippen LogP contribution in [-0.2, 0) is 0 Å². The van der Waals surface area contributed by atoms with E-state index < -0.39 is 0 Å². The zero-order valence-corrected chi connectivity index (χ0v) is 19.5. The normalized spacial score (nSPS) is 15.1. The van der Waals surface area contributed by atoms with E-state index in [1.165, 1.54) is 11.3 Å². The van der Waals surface area contributed by atoms with Gasteiger partial charge in [0, 0.05) is 28.0 Å². The summed E-state index contributed by atoms with van der Waals surface area (Å²) < 4.78 is 1.91. The maximum atomic E-state index is 13.4. The van der Waals surface area contributed by atoms with Gasteiger partial charge in [0.1, 0.15) is 10.8 Å². The second kappa shape index (κ2) is 8.59. The number of allylic oxidation sites excluding steroid dienone is 3. The predicted molar refractivity (Wildman–Crippen MR) is 140 cm³/mol. The van der Waals surface area contributed by atoms with Crippen molar-refractivity contribution in [3.63, 3.8) is 0 Å². The number of carbonyl (C=O) groups excluding carboxylic acids is 1. The Labute approximate surface area is 210 Å². The summed E-state index contributed by atoms with van der Waals surface area (Å²) >= 11 is 1.47. The van der Waals surface area contributed by atoms with Crippen molar-refractivity contribution in [1.29, 1.82) is 5.26 Å². The molecule has 5 aromatic rings. The lowest BCUT2D eigenvalue weighted by Crippen LogP contribution is -2.01. The van der Waals surface area contributed by atoms with Gasteiger partial charge in [-0.1, -0.05) is 84.1 Å². The Morgan fingerprint density at radius 2 is 1.61 bits per heavy atom. The third kappa shape index (κ3) is 3.35.